The third kappa shape index (κ3) is 2.47. The molecule has 1 atom stereocenters. The van der Waals surface area contributed by atoms with Crippen LogP contribution in [0.2, 0.25) is 0 Å². The number of carbonyl (C=O) groups excluding carboxylic acids is 2. The highest BCUT2D eigenvalue weighted by Gasteiger charge is 2.25. The maximum atomic E-state index is 12.1. The second-order valence-electron chi connectivity index (χ2n) is 4.40. The van der Waals surface area contributed by atoms with Gasteiger partial charge >= 0.3 is 0 Å². The zero-order chi connectivity index (χ0) is 13.1. The molecule has 0 spiro atoms. The highest BCUT2D eigenvalue weighted by molar-refractivity contribution is 5.97. The Morgan fingerprint density at radius 1 is 1.67 bits per heavy atom. The number of nitrogen functional groups attached to an aromatic ring is 1. The largest absolute Gasteiger partial charge is 0.397 e. The summed E-state index contributed by atoms with van der Waals surface area (Å²) in [4.78, 5) is 23.6. The average molecular weight is 250 g/mol. The molecule has 18 heavy (non-hydrogen) atoms. The molecule has 1 aromatic rings. The van der Waals surface area contributed by atoms with E-state index < -0.39 is 6.04 Å². The van der Waals surface area contributed by atoms with E-state index in [-0.39, 0.29) is 11.8 Å². The molecule has 0 aromatic carbocycles. The lowest BCUT2D eigenvalue weighted by molar-refractivity contribution is -0.124. The molecule has 98 valence electrons. The van der Waals surface area contributed by atoms with Gasteiger partial charge in [0.2, 0.25) is 5.91 Å². The molecule has 1 fully saturated rings. The topological polar surface area (TPSA) is 89.2 Å². The average Bonchev–Trinajstić information content (AvgIpc) is 2.73. The molecular formula is C12H18N4O2. The molecule has 0 bridgehead atoms. The minimum absolute atomic E-state index is 0.114. The van der Waals surface area contributed by atoms with E-state index in [4.69, 9.17) is 5.73 Å². The fraction of sp³-hybridized carbons (Fsp3) is 0.500. The van der Waals surface area contributed by atoms with E-state index in [2.05, 4.69) is 10.6 Å². The van der Waals surface area contributed by atoms with E-state index in [1.54, 1.807) is 16.8 Å². The summed E-state index contributed by atoms with van der Waals surface area (Å²) in [6.45, 7) is 3.28. The molecule has 2 amide bonds. The molecule has 1 saturated heterocycles. The second-order valence-corrected chi connectivity index (χ2v) is 4.40. The lowest BCUT2D eigenvalue weighted by Crippen LogP contribution is -2.50. The second kappa shape index (κ2) is 5.12. The summed E-state index contributed by atoms with van der Waals surface area (Å²) in [7, 11) is 0. The van der Waals surface area contributed by atoms with Crippen molar-refractivity contribution in [3.05, 3.63) is 18.0 Å². The van der Waals surface area contributed by atoms with Crippen LogP contribution in [0.5, 0.6) is 0 Å². The van der Waals surface area contributed by atoms with Gasteiger partial charge in [0.15, 0.2) is 0 Å². The van der Waals surface area contributed by atoms with Gasteiger partial charge in [-0.1, -0.05) is 0 Å². The standard InChI is InChI=1S/C12H18N4O2/c1-2-16-7-8(13)6-10(16)12(18)15-9-4-3-5-14-11(9)17/h6-7,9H,2-5,13H2,1H3,(H,14,17)(H,15,18). The van der Waals surface area contributed by atoms with Crippen molar-refractivity contribution in [1.29, 1.82) is 0 Å². The van der Waals surface area contributed by atoms with Gasteiger partial charge in [-0.3, -0.25) is 9.59 Å². The SMILES string of the molecule is CCn1cc(N)cc1C(=O)NC1CCCNC1=O. The van der Waals surface area contributed by atoms with Crippen molar-refractivity contribution in [3.63, 3.8) is 0 Å². The molecule has 1 aliphatic rings. The predicted molar refractivity (Wildman–Crippen MR) is 68.0 cm³/mol. The number of amides is 2. The number of anilines is 1. The Morgan fingerprint density at radius 3 is 3.11 bits per heavy atom. The number of nitrogens with zero attached hydrogens (tertiary/aromatic N) is 1. The summed E-state index contributed by atoms with van der Waals surface area (Å²) in [5, 5.41) is 5.48. The zero-order valence-electron chi connectivity index (χ0n) is 10.4. The summed E-state index contributed by atoms with van der Waals surface area (Å²) in [5.74, 6) is -0.368. The number of rotatable bonds is 3. The molecule has 1 unspecified atom stereocenters. The van der Waals surface area contributed by atoms with Crippen molar-refractivity contribution >= 4 is 17.5 Å². The molecule has 6 nitrogen and oxygen atoms in total. The quantitative estimate of drug-likeness (QED) is 0.710. The summed E-state index contributed by atoms with van der Waals surface area (Å²) in [6.07, 6.45) is 3.28. The fourth-order valence-electron chi connectivity index (χ4n) is 2.13. The lowest BCUT2D eigenvalue weighted by Gasteiger charge is -2.22. The number of hydrogen-bond donors (Lipinski definition) is 3. The van der Waals surface area contributed by atoms with E-state index in [0.29, 0.717) is 30.9 Å². The predicted octanol–water partition coefficient (Wildman–Crippen LogP) is 0.0986. The molecule has 2 rings (SSSR count). The monoisotopic (exact) mass is 250 g/mol. The molecule has 6 heteroatoms. The summed E-state index contributed by atoms with van der Waals surface area (Å²) < 4.78 is 1.77. The van der Waals surface area contributed by atoms with Crippen LogP contribution in [-0.2, 0) is 11.3 Å². The first kappa shape index (κ1) is 12.5. The van der Waals surface area contributed by atoms with Crippen LogP contribution in [0.4, 0.5) is 5.69 Å². The Morgan fingerprint density at radius 2 is 2.44 bits per heavy atom. The van der Waals surface area contributed by atoms with Crippen LogP contribution in [0.25, 0.3) is 0 Å². The third-order valence-corrected chi connectivity index (χ3v) is 3.08. The van der Waals surface area contributed by atoms with Gasteiger partial charge in [0, 0.05) is 19.3 Å². The molecule has 2 heterocycles. The van der Waals surface area contributed by atoms with Crippen LogP contribution in [0.3, 0.4) is 0 Å². The van der Waals surface area contributed by atoms with Gasteiger partial charge < -0.3 is 20.9 Å². The van der Waals surface area contributed by atoms with Crippen LogP contribution in [0.1, 0.15) is 30.3 Å². The van der Waals surface area contributed by atoms with Crippen molar-refractivity contribution in [3.8, 4) is 0 Å². The number of piperidine rings is 1. The minimum Gasteiger partial charge on any atom is -0.397 e. The van der Waals surface area contributed by atoms with Crippen LogP contribution in [0.15, 0.2) is 12.3 Å². The molecule has 4 N–H and O–H groups in total. The summed E-state index contributed by atoms with van der Waals surface area (Å²) in [6, 6.07) is 1.19. The highest BCUT2D eigenvalue weighted by atomic mass is 16.2. The summed E-state index contributed by atoms with van der Waals surface area (Å²) >= 11 is 0. The number of aryl methyl sites for hydroxylation is 1. The highest BCUT2D eigenvalue weighted by Crippen LogP contribution is 2.11. The molecule has 0 aliphatic carbocycles. The third-order valence-electron chi connectivity index (χ3n) is 3.08. The van der Waals surface area contributed by atoms with Crippen molar-refractivity contribution < 1.29 is 9.59 Å². The lowest BCUT2D eigenvalue weighted by atomic mass is 10.1. The number of nitrogens with one attached hydrogen (secondary N) is 2. The molecular weight excluding hydrogens is 232 g/mol. The van der Waals surface area contributed by atoms with Crippen LogP contribution in [-0.4, -0.2) is 29.0 Å². The smallest absolute Gasteiger partial charge is 0.268 e. The van der Waals surface area contributed by atoms with Gasteiger partial charge in [0.05, 0.1) is 5.69 Å². The van der Waals surface area contributed by atoms with Crippen LogP contribution >= 0.6 is 0 Å². The Kier molecular flexibility index (Phi) is 3.55. The first-order chi connectivity index (χ1) is 8.61. The molecule has 1 aliphatic heterocycles. The number of aromatic nitrogens is 1. The Balaban J connectivity index is 2.09. The van der Waals surface area contributed by atoms with Crippen molar-refractivity contribution in [2.75, 3.05) is 12.3 Å². The Labute approximate surface area is 106 Å². The molecule has 0 radical (unpaired) electrons. The van der Waals surface area contributed by atoms with Gasteiger partial charge in [0.25, 0.3) is 5.91 Å². The number of nitrogens with two attached hydrogens (primary N) is 1. The van der Waals surface area contributed by atoms with E-state index in [0.717, 1.165) is 6.42 Å². The van der Waals surface area contributed by atoms with Crippen molar-refractivity contribution in [2.24, 2.45) is 0 Å². The Hall–Kier alpha value is -1.98. The van der Waals surface area contributed by atoms with E-state index >= 15 is 0 Å². The summed E-state index contributed by atoms with van der Waals surface area (Å²) in [5.41, 5.74) is 6.72. The van der Waals surface area contributed by atoms with Gasteiger partial charge in [-0.25, -0.2) is 0 Å². The first-order valence-corrected chi connectivity index (χ1v) is 6.16. The number of hydrogen-bond acceptors (Lipinski definition) is 3. The Bertz CT molecular complexity index is 467. The first-order valence-electron chi connectivity index (χ1n) is 6.16. The number of carbonyl (C=O) groups is 2. The van der Waals surface area contributed by atoms with Crippen LogP contribution in [0, 0.1) is 0 Å². The normalized spacial score (nSPS) is 19.4. The van der Waals surface area contributed by atoms with Gasteiger partial charge in [0.1, 0.15) is 11.7 Å². The van der Waals surface area contributed by atoms with Crippen LogP contribution < -0.4 is 16.4 Å². The van der Waals surface area contributed by atoms with Crippen molar-refractivity contribution in [1.82, 2.24) is 15.2 Å². The maximum absolute atomic E-state index is 12.1. The van der Waals surface area contributed by atoms with Gasteiger partial charge in [-0.15, -0.1) is 0 Å². The molecule has 1 aromatic heterocycles. The zero-order valence-corrected chi connectivity index (χ0v) is 10.4. The van der Waals surface area contributed by atoms with E-state index in [9.17, 15) is 9.59 Å². The van der Waals surface area contributed by atoms with E-state index in [1.807, 2.05) is 6.92 Å². The van der Waals surface area contributed by atoms with Gasteiger partial charge in [-0.05, 0) is 25.8 Å². The minimum atomic E-state index is -0.437. The molecule has 0 saturated carbocycles. The van der Waals surface area contributed by atoms with Crippen molar-refractivity contribution in [2.45, 2.75) is 32.4 Å². The maximum Gasteiger partial charge on any atom is 0.268 e. The fourth-order valence-corrected chi connectivity index (χ4v) is 2.13. The van der Waals surface area contributed by atoms with Gasteiger partial charge in [-0.2, -0.15) is 0 Å². The van der Waals surface area contributed by atoms with E-state index in [1.165, 1.54) is 0 Å².